The van der Waals surface area contributed by atoms with Crippen LogP contribution in [0.15, 0.2) is 34.9 Å². The molecular weight excluding hydrogens is 334 g/mol. The summed E-state index contributed by atoms with van der Waals surface area (Å²) < 4.78 is 12.0. The lowest BCUT2D eigenvalue weighted by Crippen LogP contribution is -2.15. The monoisotopic (exact) mass is 349 g/mol. The Morgan fingerprint density at radius 2 is 2.00 bits per heavy atom. The van der Waals surface area contributed by atoms with Gasteiger partial charge in [-0.25, -0.2) is 4.98 Å². The van der Waals surface area contributed by atoms with Gasteiger partial charge in [0.1, 0.15) is 19.0 Å². The molecule has 0 aliphatic carbocycles. The van der Waals surface area contributed by atoms with Gasteiger partial charge in [-0.1, -0.05) is 6.07 Å². The molecule has 0 fully saturated rings. The molecule has 3 rings (SSSR count). The van der Waals surface area contributed by atoms with Gasteiger partial charge >= 0.3 is 0 Å². The number of pyridine rings is 1. The van der Waals surface area contributed by atoms with E-state index in [0.717, 1.165) is 34.8 Å². The molecule has 0 spiro atoms. The fourth-order valence-corrected chi connectivity index (χ4v) is 2.66. The molecule has 0 atom stereocenters. The van der Waals surface area contributed by atoms with Gasteiger partial charge in [0.15, 0.2) is 11.5 Å². The van der Waals surface area contributed by atoms with Gasteiger partial charge in [-0.15, -0.1) is 0 Å². The average Bonchev–Trinajstić information content (AvgIpc) is 2.49. The molecule has 110 valence electrons. The van der Waals surface area contributed by atoms with Gasteiger partial charge in [0.2, 0.25) is 0 Å². The second-order valence-corrected chi connectivity index (χ2v) is 5.61. The maximum Gasteiger partial charge on any atom is 0.161 e. The zero-order chi connectivity index (χ0) is 14.7. The summed E-state index contributed by atoms with van der Waals surface area (Å²) in [6, 6.07) is 7.88. The van der Waals surface area contributed by atoms with E-state index in [1.165, 1.54) is 5.56 Å². The fourth-order valence-electron chi connectivity index (χ4n) is 2.15. The minimum atomic E-state index is 0.608. The van der Waals surface area contributed by atoms with Crippen LogP contribution in [0, 0.1) is 0 Å². The Labute approximate surface area is 131 Å². The standard InChI is InChI=1S/C15H16BrN3O2/c16-12-8-11(17)9-19-15(12)18-4-3-10-1-2-13-14(7-10)21-6-5-20-13/h1-2,7-9H,3-6,17H2,(H,18,19). The number of hydrogen-bond acceptors (Lipinski definition) is 5. The number of anilines is 2. The van der Waals surface area contributed by atoms with Crippen LogP contribution < -0.4 is 20.5 Å². The molecule has 1 aromatic carbocycles. The van der Waals surface area contributed by atoms with Crippen molar-refractivity contribution in [2.24, 2.45) is 0 Å². The molecule has 0 bridgehead atoms. The number of nitrogen functional groups attached to an aromatic ring is 1. The molecule has 0 radical (unpaired) electrons. The van der Waals surface area contributed by atoms with Gasteiger partial charge in [-0.2, -0.15) is 0 Å². The van der Waals surface area contributed by atoms with Crippen molar-refractivity contribution in [3.8, 4) is 11.5 Å². The predicted molar refractivity (Wildman–Crippen MR) is 86.0 cm³/mol. The Hall–Kier alpha value is -1.95. The molecule has 5 nitrogen and oxygen atoms in total. The molecule has 21 heavy (non-hydrogen) atoms. The van der Waals surface area contributed by atoms with E-state index in [-0.39, 0.29) is 0 Å². The van der Waals surface area contributed by atoms with Crippen molar-refractivity contribution in [2.45, 2.75) is 6.42 Å². The largest absolute Gasteiger partial charge is 0.486 e. The van der Waals surface area contributed by atoms with E-state index >= 15 is 0 Å². The van der Waals surface area contributed by atoms with E-state index in [4.69, 9.17) is 15.2 Å². The normalized spacial score (nSPS) is 13.0. The number of benzene rings is 1. The lowest BCUT2D eigenvalue weighted by molar-refractivity contribution is 0.171. The highest BCUT2D eigenvalue weighted by molar-refractivity contribution is 9.10. The van der Waals surface area contributed by atoms with E-state index in [0.29, 0.717) is 18.9 Å². The summed E-state index contributed by atoms with van der Waals surface area (Å²) in [6.07, 6.45) is 2.51. The molecule has 0 saturated heterocycles. The number of ether oxygens (including phenoxy) is 2. The average molecular weight is 350 g/mol. The van der Waals surface area contributed by atoms with Gasteiger partial charge in [-0.05, 0) is 46.1 Å². The first-order chi connectivity index (χ1) is 10.2. The second-order valence-electron chi connectivity index (χ2n) is 4.75. The van der Waals surface area contributed by atoms with E-state index in [1.54, 1.807) is 6.20 Å². The number of rotatable bonds is 4. The topological polar surface area (TPSA) is 69.4 Å². The lowest BCUT2D eigenvalue weighted by Gasteiger charge is -2.19. The molecule has 0 unspecified atom stereocenters. The lowest BCUT2D eigenvalue weighted by atomic mass is 10.1. The summed E-state index contributed by atoms with van der Waals surface area (Å²) in [7, 11) is 0. The number of halogens is 1. The molecule has 1 aliphatic rings. The predicted octanol–water partition coefficient (Wildman–Crippen LogP) is 2.85. The zero-order valence-electron chi connectivity index (χ0n) is 11.4. The van der Waals surface area contributed by atoms with Crippen molar-refractivity contribution in [3.05, 3.63) is 40.5 Å². The van der Waals surface area contributed by atoms with E-state index < -0.39 is 0 Å². The quantitative estimate of drug-likeness (QED) is 0.888. The number of hydrogen-bond donors (Lipinski definition) is 2. The summed E-state index contributed by atoms with van der Waals surface area (Å²) in [5, 5.41) is 3.28. The minimum Gasteiger partial charge on any atom is -0.486 e. The van der Waals surface area contributed by atoms with Gasteiger partial charge in [0, 0.05) is 6.54 Å². The highest BCUT2D eigenvalue weighted by Gasteiger charge is 2.11. The van der Waals surface area contributed by atoms with Gasteiger partial charge < -0.3 is 20.5 Å². The van der Waals surface area contributed by atoms with Crippen LogP contribution in [-0.2, 0) is 6.42 Å². The molecule has 3 N–H and O–H groups in total. The fraction of sp³-hybridized carbons (Fsp3) is 0.267. The minimum absolute atomic E-state index is 0.608. The third-order valence-corrected chi connectivity index (χ3v) is 3.78. The summed E-state index contributed by atoms with van der Waals surface area (Å²) in [5.41, 5.74) is 7.50. The number of fused-ring (bicyclic) bond motifs is 1. The molecule has 2 aromatic rings. The highest BCUT2D eigenvalue weighted by Crippen LogP contribution is 2.31. The molecule has 1 aromatic heterocycles. The Morgan fingerprint density at radius 3 is 2.81 bits per heavy atom. The summed E-state index contributed by atoms with van der Waals surface area (Å²) in [5.74, 6) is 2.44. The van der Waals surface area contributed by atoms with E-state index in [2.05, 4.69) is 32.3 Å². The van der Waals surface area contributed by atoms with Crippen LogP contribution in [0.25, 0.3) is 0 Å². The Balaban J connectivity index is 1.60. The Kier molecular flexibility index (Phi) is 4.15. The van der Waals surface area contributed by atoms with Crippen molar-refractivity contribution in [1.29, 1.82) is 0 Å². The van der Waals surface area contributed by atoms with Crippen LogP contribution in [0.1, 0.15) is 5.56 Å². The third-order valence-electron chi connectivity index (χ3n) is 3.18. The maximum atomic E-state index is 5.67. The molecule has 1 aliphatic heterocycles. The van der Waals surface area contributed by atoms with Crippen molar-refractivity contribution < 1.29 is 9.47 Å². The third kappa shape index (κ3) is 3.39. The van der Waals surface area contributed by atoms with Crippen LogP contribution in [0.2, 0.25) is 0 Å². The maximum absolute atomic E-state index is 5.67. The van der Waals surface area contributed by atoms with E-state index in [9.17, 15) is 0 Å². The number of nitrogens with zero attached hydrogens (tertiary/aromatic N) is 1. The molecule has 6 heteroatoms. The van der Waals surface area contributed by atoms with Crippen LogP contribution in [0.5, 0.6) is 11.5 Å². The van der Waals surface area contributed by atoms with Crippen molar-refractivity contribution in [2.75, 3.05) is 30.8 Å². The van der Waals surface area contributed by atoms with Gasteiger partial charge in [0.25, 0.3) is 0 Å². The Bertz CT molecular complexity index is 649. The first-order valence-electron chi connectivity index (χ1n) is 6.76. The first kappa shape index (κ1) is 14.0. The summed E-state index contributed by atoms with van der Waals surface area (Å²) in [4.78, 5) is 4.25. The first-order valence-corrected chi connectivity index (χ1v) is 7.55. The molecule has 0 amide bonds. The number of aromatic nitrogens is 1. The van der Waals surface area contributed by atoms with Gasteiger partial charge in [0.05, 0.1) is 16.4 Å². The van der Waals surface area contributed by atoms with Crippen molar-refractivity contribution >= 4 is 27.4 Å². The molecule has 0 saturated carbocycles. The second kappa shape index (κ2) is 6.22. The molecule has 2 heterocycles. The number of nitrogens with one attached hydrogen (secondary N) is 1. The zero-order valence-corrected chi connectivity index (χ0v) is 13.0. The molecular formula is C15H16BrN3O2. The highest BCUT2D eigenvalue weighted by atomic mass is 79.9. The smallest absolute Gasteiger partial charge is 0.161 e. The Morgan fingerprint density at radius 1 is 1.19 bits per heavy atom. The SMILES string of the molecule is Nc1cnc(NCCc2ccc3c(c2)OCCO3)c(Br)c1. The van der Waals surface area contributed by atoms with Crippen LogP contribution in [-0.4, -0.2) is 24.7 Å². The summed E-state index contributed by atoms with van der Waals surface area (Å²) >= 11 is 3.44. The van der Waals surface area contributed by atoms with Crippen molar-refractivity contribution in [1.82, 2.24) is 4.98 Å². The number of nitrogens with two attached hydrogens (primary N) is 1. The summed E-state index contributed by atoms with van der Waals surface area (Å²) in [6.45, 7) is 2.00. The van der Waals surface area contributed by atoms with Crippen molar-refractivity contribution in [3.63, 3.8) is 0 Å². The van der Waals surface area contributed by atoms with E-state index in [1.807, 2.05) is 18.2 Å². The van der Waals surface area contributed by atoms with Crippen LogP contribution in [0.3, 0.4) is 0 Å². The van der Waals surface area contributed by atoms with Crippen LogP contribution in [0.4, 0.5) is 11.5 Å². The van der Waals surface area contributed by atoms with Crippen LogP contribution >= 0.6 is 15.9 Å². The van der Waals surface area contributed by atoms with Gasteiger partial charge in [-0.3, -0.25) is 0 Å².